The van der Waals surface area contributed by atoms with E-state index >= 15 is 0 Å². The second-order valence-corrected chi connectivity index (χ2v) is 7.31. The molecule has 2 aromatic heterocycles. The predicted molar refractivity (Wildman–Crippen MR) is 104 cm³/mol. The first-order valence-electron chi connectivity index (χ1n) is 9.84. The minimum absolute atomic E-state index is 0.0261. The van der Waals surface area contributed by atoms with Crippen LogP contribution in [0.4, 0.5) is 13.2 Å². The van der Waals surface area contributed by atoms with Crippen molar-refractivity contribution in [1.82, 2.24) is 24.6 Å². The molecule has 0 atom stereocenters. The fraction of sp³-hybridized carbons (Fsp3) is 0.381. The number of piperidine rings is 1. The van der Waals surface area contributed by atoms with Crippen LogP contribution in [0.2, 0.25) is 0 Å². The minimum atomic E-state index is -2.86. The maximum atomic E-state index is 14.1. The summed E-state index contributed by atoms with van der Waals surface area (Å²) in [5.74, 6) is -1.01. The lowest BCUT2D eigenvalue weighted by atomic mass is 9.97. The van der Waals surface area contributed by atoms with Crippen LogP contribution in [0.15, 0.2) is 48.8 Å². The number of benzene rings is 1. The van der Waals surface area contributed by atoms with Gasteiger partial charge < -0.3 is 4.74 Å². The molecule has 1 aliphatic heterocycles. The average Bonchev–Trinajstić information content (AvgIpc) is 3.19. The van der Waals surface area contributed by atoms with E-state index in [4.69, 9.17) is 4.74 Å². The summed E-state index contributed by atoms with van der Waals surface area (Å²) in [6.45, 7) is 2.98. The fourth-order valence-corrected chi connectivity index (χ4v) is 3.53. The number of aromatic nitrogens is 4. The summed E-state index contributed by atoms with van der Waals surface area (Å²) in [6, 6.07) is 9.67. The van der Waals surface area contributed by atoms with E-state index in [-0.39, 0.29) is 17.6 Å². The monoisotopic (exact) mass is 417 g/mol. The van der Waals surface area contributed by atoms with Crippen LogP contribution in [0, 0.1) is 11.7 Å². The molecule has 0 bridgehead atoms. The number of alkyl halides is 2. The van der Waals surface area contributed by atoms with Crippen molar-refractivity contribution in [3.63, 3.8) is 0 Å². The molecule has 0 saturated carbocycles. The van der Waals surface area contributed by atoms with E-state index in [9.17, 15) is 13.2 Å². The molecule has 4 rings (SSSR count). The van der Waals surface area contributed by atoms with Gasteiger partial charge in [-0.1, -0.05) is 18.2 Å². The van der Waals surface area contributed by atoms with Crippen LogP contribution in [-0.4, -0.2) is 44.3 Å². The van der Waals surface area contributed by atoms with E-state index in [1.165, 1.54) is 23.8 Å². The highest BCUT2D eigenvalue weighted by atomic mass is 19.3. The van der Waals surface area contributed by atoms with E-state index in [0.29, 0.717) is 6.61 Å². The first-order chi connectivity index (χ1) is 14.6. The Kier molecular flexibility index (Phi) is 6.27. The molecule has 1 saturated heterocycles. The van der Waals surface area contributed by atoms with Gasteiger partial charge in [0.1, 0.15) is 11.5 Å². The number of para-hydroxylation sites is 1. The van der Waals surface area contributed by atoms with Crippen molar-refractivity contribution in [2.75, 3.05) is 19.7 Å². The van der Waals surface area contributed by atoms with E-state index < -0.39 is 18.1 Å². The molecule has 0 radical (unpaired) electrons. The molecule has 3 heterocycles. The number of likely N-dealkylation sites (tertiary alicyclic amines) is 1. The molecule has 30 heavy (non-hydrogen) atoms. The number of hydrogen-bond donors (Lipinski definition) is 0. The van der Waals surface area contributed by atoms with Crippen molar-refractivity contribution >= 4 is 0 Å². The van der Waals surface area contributed by atoms with Gasteiger partial charge in [0.2, 0.25) is 5.82 Å². The summed E-state index contributed by atoms with van der Waals surface area (Å²) in [5.41, 5.74) is 1.20. The van der Waals surface area contributed by atoms with E-state index in [2.05, 4.69) is 26.0 Å². The smallest absolute Gasteiger partial charge is 0.320 e. The molecule has 0 unspecified atom stereocenters. The van der Waals surface area contributed by atoms with Crippen molar-refractivity contribution in [3.05, 3.63) is 66.0 Å². The molecule has 3 aromatic rings. The van der Waals surface area contributed by atoms with Crippen molar-refractivity contribution in [3.8, 4) is 11.7 Å². The van der Waals surface area contributed by atoms with Crippen molar-refractivity contribution in [1.29, 1.82) is 0 Å². The Hall–Kier alpha value is -2.94. The van der Waals surface area contributed by atoms with E-state index in [0.717, 1.165) is 37.2 Å². The zero-order valence-electron chi connectivity index (χ0n) is 16.3. The van der Waals surface area contributed by atoms with Crippen LogP contribution in [-0.2, 0) is 6.54 Å². The highest BCUT2D eigenvalue weighted by Gasteiger charge is 2.24. The molecule has 158 valence electrons. The zero-order valence-corrected chi connectivity index (χ0v) is 16.3. The zero-order chi connectivity index (χ0) is 20.9. The Morgan fingerprint density at radius 3 is 2.60 bits per heavy atom. The van der Waals surface area contributed by atoms with Gasteiger partial charge in [-0.05, 0) is 55.6 Å². The molecule has 0 amide bonds. The topological polar surface area (TPSA) is 56.1 Å². The second kappa shape index (κ2) is 9.25. The molecule has 0 aliphatic carbocycles. The maximum Gasteiger partial charge on any atom is 0.320 e. The first kappa shape index (κ1) is 20.3. The SMILES string of the molecule is Fc1ccccc1-n1nc(C(F)F)nc1OCC1CCN(Cc2cccnc2)CC1. The summed E-state index contributed by atoms with van der Waals surface area (Å²) < 4.78 is 47.1. The third-order valence-corrected chi connectivity index (χ3v) is 5.15. The number of hydrogen-bond acceptors (Lipinski definition) is 5. The van der Waals surface area contributed by atoms with Gasteiger partial charge in [0, 0.05) is 18.9 Å². The molecule has 6 nitrogen and oxygen atoms in total. The summed E-state index contributed by atoms with van der Waals surface area (Å²) >= 11 is 0. The van der Waals surface area contributed by atoms with Crippen LogP contribution in [0.3, 0.4) is 0 Å². The lowest BCUT2D eigenvalue weighted by molar-refractivity contribution is 0.129. The fourth-order valence-electron chi connectivity index (χ4n) is 3.53. The van der Waals surface area contributed by atoms with Crippen LogP contribution < -0.4 is 4.74 Å². The van der Waals surface area contributed by atoms with E-state index in [1.54, 1.807) is 12.3 Å². The molecule has 9 heteroatoms. The van der Waals surface area contributed by atoms with Crippen LogP contribution in [0.1, 0.15) is 30.7 Å². The standard InChI is InChI=1S/C21H22F3N5O/c22-17-5-1-2-6-18(17)29-21(26-20(27-29)19(23)24)30-14-15-7-10-28(11-8-15)13-16-4-3-9-25-12-16/h1-6,9,12,15,19H,7-8,10-11,13-14H2. The number of rotatable bonds is 7. The number of ether oxygens (including phenoxy) is 1. The maximum absolute atomic E-state index is 14.1. The van der Waals surface area contributed by atoms with Crippen molar-refractivity contribution < 1.29 is 17.9 Å². The summed E-state index contributed by atoms with van der Waals surface area (Å²) in [6.07, 6.45) is 2.58. The number of halogens is 3. The van der Waals surface area contributed by atoms with Gasteiger partial charge in [-0.2, -0.15) is 9.67 Å². The molecular weight excluding hydrogens is 395 g/mol. The molecule has 1 aliphatic rings. The van der Waals surface area contributed by atoms with Crippen LogP contribution in [0.5, 0.6) is 6.01 Å². The second-order valence-electron chi connectivity index (χ2n) is 7.31. The Morgan fingerprint density at radius 1 is 1.10 bits per heavy atom. The first-order valence-corrected chi connectivity index (χ1v) is 9.84. The van der Waals surface area contributed by atoms with Gasteiger partial charge in [0.25, 0.3) is 6.43 Å². The number of nitrogens with zero attached hydrogens (tertiary/aromatic N) is 5. The lowest BCUT2D eigenvalue weighted by Crippen LogP contribution is -2.35. The van der Waals surface area contributed by atoms with Crippen molar-refractivity contribution in [2.45, 2.75) is 25.8 Å². The van der Waals surface area contributed by atoms with Gasteiger partial charge >= 0.3 is 6.01 Å². The van der Waals surface area contributed by atoms with E-state index in [1.807, 2.05) is 12.3 Å². The summed E-state index contributed by atoms with van der Waals surface area (Å²) in [5, 5.41) is 3.74. The third kappa shape index (κ3) is 4.79. The number of pyridine rings is 1. The highest BCUT2D eigenvalue weighted by Crippen LogP contribution is 2.25. The van der Waals surface area contributed by atoms with Crippen LogP contribution in [0.25, 0.3) is 5.69 Å². The van der Waals surface area contributed by atoms with Gasteiger partial charge in [-0.3, -0.25) is 9.88 Å². The van der Waals surface area contributed by atoms with Gasteiger partial charge in [0.15, 0.2) is 0 Å². The Morgan fingerprint density at radius 2 is 1.90 bits per heavy atom. The average molecular weight is 417 g/mol. The quantitative estimate of drug-likeness (QED) is 0.581. The summed E-state index contributed by atoms with van der Waals surface area (Å²) in [7, 11) is 0. The molecule has 1 aromatic carbocycles. The Balaban J connectivity index is 1.38. The van der Waals surface area contributed by atoms with Gasteiger partial charge in [0.05, 0.1) is 6.61 Å². The Bertz CT molecular complexity index is 958. The predicted octanol–water partition coefficient (Wildman–Crippen LogP) is 4.03. The third-order valence-electron chi connectivity index (χ3n) is 5.15. The lowest BCUT2D eigenvalue weighted by Gasteiger charge is -2.31. The summed E-state index contributed by atoms with van der Waals surface area (Å²) in [4.78, 5) is 10.3. The molecule has 0 N–H and O–H groups in total. The Labute approximate surface area is 172 Å². The van der Waals surface area contributed by atoms with Gasteiger partial charge in [-0.25, -0.2) is 13.2 Å². The molecule has 1 fully saturated rings. The molecular formula is C21H22F3N5O. The minimum Gasteiger partial charge on any atom is -0.463 e. The van der Waals surface area contributed by atoms with Gasteiger partial charge in [-0.15, -0.1) is 5.10 Å². The molecule has 0 spiro atoms. The highest BCUT2D eigenvalue weighted by molar-refractivity contribution is 5.34. The van der Waals surface area contributed by atoms with Crippen molar-refractivity contribution in [2.24, 2.45) is 5.92 Å². The normalized spacial score (nSPS) is 15.6. The van der Waals surface area contributed by atoms with Crippen LogP contribution >= 0.6 is 0 Å². The largest absolute Gasteiger partial charge is 0.463 e.